The van der Waals surface area contributed by atoms with E-state index < -0.39 is 6.03 Å². The molecule has 2 aromatic carbocycles. The van der Waals surface area contributed by atoms with Crippen LogP contribution in [0.3, 0.4) is 0 Å². The summed E-state index contributed by atoms with van der Waals surface area (Å²) < 4.78 is 4.00. The number of fused-ring (bicyclic) bond motifs is 1. The van der Waals surface area contributed by atoms with Crippen LogP contribution in [0.25, 0.3) is 11.0 Å². The van der Waals surface area contributed by atoms with E-state index in [0.29, 0.717) is 29.9 Å². The molecule has 3 fully saturated rings. The standard InChI is InChI=1S/C38H45N9O3S/c1-25-21-28(7-9-32(25)36(39-2)47-20-15-33(48)42-38(47)50)27-11-16-45(17-12-27)24-26-5-4-6-31(22-26)51-46-18-13-30(14-19-46)41-37-40-23-29-8-10-34(49)44(3)35(29)43-37/h4-10,21-23,27,30H,11-20,24H2,1-3H3,(H,40,41,43)(H,42,48,50). The van der Waals surface area contributed by atoms with Crippen LogP contribution in [-0.2, 0) is 18.4 Å². The highest BCUT2D eigenvalue weighted by Crippen LogP contribution is 2.32. The molecule has 2 N–H and O–H groups in total. The van der Waals surface area contributed by atoms with Crippen molar-refractivity contribution < 1.29 is 9.59 Å². The van der Waals surface area contributed by atoms with E-state index in [-0.39, 0.29) is 23.9 Å². The maximum atomic E-state index is 12.5. The van der Waals surface area contributed by atoms with Gasteiger partial charge < -0.3 is 5.32 Å². The van der Waals surface area contributed by atoms with Crippen LogP contribution in [0.4, 0.5) is 10.7 Å². The Morgan fingerprint density at radius 3 is 2.53 bits per heavy atom. The predicted octanol–water partition coefficient (Wildman–Crippen LogP) is 4.92. The molecule has 266 valence electrons. The zero-order valence-corrected chi connectivity index (χ0v) is 30.3. The summed E-state index contributed by atoms with van der Waals surface area (Å²) in [5.41, 5.74) is 5.25. The molecule has 0 saturated carbocycles. The number of imide groups is 1. The monoisotopic (exact) mass is 707 g/mol. The molecule has 3 saturated heterocycles. The number of amidine groups is 1. The van der Waals surface area contributed by atoms with Gasteiger partial charge in [0.15, 0.2) is 0 Å². The van der Waals surface area contributed by atoms with E-state index in [1.54, 1.807) is 41.9 Å². The number of hydrogen-bond acceptors (Lipinski definition) is 10. The van der Waals surface area contributed by atoms with Crippen LogP contribution in [0.2, 0.25) is 0 Å². The van der Waals surface area contributed by atoms with Crippen LogP contribution >= 0.6 is 11.9 Å². The minimum Gasteiger partial charge on any atom is -0.351 e. The van der Waals surface area contributed by atoms with E-state index in [1.807, 2.05) is 11.9 Å². The Morgan fingerprint density at radius 2 is 1.78 bits per heavy atom. The Labute approximate surface area is 302 Å². The highest BCUT2D eigenvalue weighted by Gasteiger charge is 2.29. The van der Waals surface area contributed by atoms with E-state index >= 15 is 0 Å². The minimum atomic E-state index is -0.411. The molecule has 5 heterocycles. The number of pyridine rings is 1. The molecule has 0 radical (unpaired) electrons. The molecule has 12 nitrogen and oxygen atoms in total. The minimum absolute atomic E-state index is 0.0777. The number of piperidine rings is 2. The first-order chi connectivity index (χ1) is 24.7. The van der Waals surface area contributed by atoms with Crippen molar-refractivity contribution in [2.45, 2.75) is 62.4 Å². The fourth-order valence-corrected chi connectivity index (χ4v) is 8.40. The van der Waals surface area contributed by atoms with Gasteiger partial charge in [0.05, 0.1) is 0 Å². The number of nitrogens with zero attached hydrogens (tertiary/aromatic N) is 7. The molecule has 0 spiro atoms. The molecule has 0 bridgehead atoms. The molecule has 2 aromatic heterocycles. The maximum Gasteiger partial charge on any atom is 0.329 e. The average Bonchev–Trinajstić information content (AvgIpc) is 3.13. The molecule has 0 atom stereocenters. The summed E-state index contributed by atoms with van der Waals surface area (Å²) in [6, 6.07) is 18.6. The van der Waals surface area contributed by atoms with Crippen molar-refractivity contribution in [2.24, 2.45) is 12.0 Å². The molecule has 4 aromatic rings. The molecule has 13 heteroatoms. The Balaban J connectivity index is 0.883. The van der Waals surface area contributed by atoms with Gasteiger partial charge in [-0.05, 0) is 98.5 Å². The number of rotatable bonds is 8. The first-order valence-electron chi connectivity index (χ1n) is 17.8. The van der Waals surface area contributed by atoms with Crippen molar-refractivity contribution >= 4 is 46.7 Å². The van der Waals surface area contributed by atoms with Crippen molar-refractivity contribution in [1.29, 1.82) is 0 Å². The van der Waals surface area contributed by atoms with Gasteiger partial charge in [-0.2, -0.15) is 4.98 Å². The Morgan fingerprint density at radius 1 is 0.980 bits per heavy atom. The quantitative estimate of drug-likeness (QED) is 0.149. The Hall–Kier alpha value is -4.59. The van der Waals surface area contributed by atoms with E-state index in [0.717, 1.165) is 74.9 Å². The van der Waals surface area contributed by atoms with Crippen molar-refractivity contribution in [3.63, 3.8) is 0 Å². The van der Waals surface area contributed by atoms with Gasteiger partial charge >= 0.3 is 6.03 Å². The summed E-state index contributed by atoms with van der Waals surface area (Å²) >= 11 is 1.84. The van der Waals surface area contributed by atoms with Crippen LogP contribution in [0.5, 0.6) is 0 Å². The van der Waals surface area contributed by atoms with Gasteiger partial charge in [0, 0.05) is 80.8 Å². The first-order valence-corrected chi connectivity index (χ1v) is 18.5. The molecule has 3 aliphatic heterocycles. The molecule has 51 heavy (non-hydrogen) atoms. The smallest absolute Gasteiger partial charge is 0.329 e. The summed E-state index contributed by atoms with van der Waals surface area (Å²) in [6.45, 7) is 7.38. The summed E-state index contributed by atoms with van der Waals surface area (Å²) in [5, 5.41) is 6.74. The van der Waals surface area contributed by atoms with E-state index in [2.05, 4.69) is 84.2 Å². The average molecular weight is 708 g/mol. The van der Waals surface area contributed by atoms with E-state index in [4.69, 9.17) is 0 Å². The summed E-state index contributed by atoms with van der Waals surface area (Å²) in [4.78, 5) is 55.1. The second kappa shape index (κ2) is 15.3. The number of carbonyl (C=O) groups excluding carboxylic acids is 2. The van der Waals surface area contributed by atoms with Crippen molar-refractivity contribution in [1.82, 2.24) is 34.0 Å². The van der Waals surface area contributed by atoms with Crippen molar-refractivity contribution in [2.75, 3.05) is 45.1 Å². The zero-order chi connectivity index (χ0) is 35.5. The number of benzene rings is 2. The van der Waals surface area contributed by atoms with E-state index in [1.165, 1.54) is 16.0 Å². The van der Waals surface area contributed by atoms with Gasteiger partial charge in [-0.15, -0.1) is 0 Å². The number of aliphatic imine (C=N–C) groups is 1. The molecule has 0 aliphatic carbocycles. The number of anilines is 1. The van der Waals surface area contributed by atoms with E-state index in [9.17, 15) is 14.4 Å². The molecule has 3 amide bonds. The van der Waals surface area contributed by atoms with Gasteiger partial charge in [-0.1, -0.05) is 30.3 Å². The second-order valence-electron chi connectivity index (χ2n) is 13.7. The lowest BCUT2D eigenvalue weighted by Gasteiger charge is -2.33. The van der Waals surface area contributed by atoms with Crippen LogP contribution in [-0.4, -0.2) is 92.2 Å². The number of urea groups is 1. The van der Waals surface area contributed by atoms with Crippen LogP contribution < -0.4 is 16.2 Å². The lowest BCUT2D eigenvalue weighted by atomic mass is 9.87. The third-order valence-corrected chi connectivity index (χ3v) is 11.3. The Bertz CT molecular complexity index is 2020. The normalized spacial score (nSPS) is 18.7. The third kappa shape index (κ3) is 8.00. The number of carbonyl (C=O) groups is 2. The topological polar surface area (TPSA) is 128 Å². The number of amides is 3. The lowest BCUT2D eigenvalue weighted by Crippen LogP contribution is -2.52. The number of nitrogens with one attached hydrogen (secondary N) is 2. The maximum absolute atomic E-state index is 12.5. The van der Waals surface area contributed by atoms with Gasteiger partial charge in [0.25, 0.3) is 5.56 Å². The number of aromatic nitrogens is 3. The van der Waals surface area contributed by atoms with Crippen molar-refractivity contribution in [3.8, 4) is 0 Å². The first kappa shape index (κ1) is 34.8. The summed E-state index contributed by atoms with van der Waals surface area (Å²) in [5.74, 6) is 1.42. The highest BCUT2D eigenvalue weighted by atomic mass is 32.2. The highest BCUT2D eigenvalue weighted by molar-refractivity contribution is 7.97. The predicted molar refractivity (Wildman–Crippen MR) is 201 cm³/mol. The lowest BCUT2D eigenvalue weighted by molar-refractivity contribution is -0.121. The van der Waals surface area contributed by atoms with Gasteiger partial charge in [-0.25, -0.2) is 14.1 Å². The van der Waals surface area contributed by atoms with Crippen LogP contribution in [0.15, 0.2) is 75.5 Å². The number of aryl methyl sites for hydroxylation is 2. The van der Waals surface area contributed by atoms with Crippen molar-refractivity contribution in [3.05, 3.63) is 93.4 Å². The van der Waals surface area contributed by atoms with Crippen LogP contribution in [0.1, 0.15) is 60.3 Å². The third-order valence-electron chi connectivity index (χ3n) is 10.2. The van der Waals surface area contributed by atoms with Gasteiger partial charge in [-0.3, -0.25) is 34.3 Å². The molecule has 3 aliphatic rings. The summed E-state index contributed by atoms with van der Waals surface area (Å²) in [7, 11) is 3.43. The van der Waals surface area contributed by atoms with Gasteiger partial charge in [0.1, 0.15) is 11.5 Å². The number of likely N-dealkylation sites (tertiary alicyclic amines) is 1. The fraction of sp³-hybridized carbons (Fsp3) is 0.421. The fourth-order valence-electron chi connectivity index (χ4n) is 7.37. The number of hydrogen-bond donors (Lipinski definition) is 2. The second-order valence-corrected chi connectivity index (χ2v) is 14.9. The van der Waals surface area contributed by atoms with Gasteiger partial charge in [0.2, 0.25) is 11.9 Å². The summed E-state index contributed by atoms with van der Waals surface area (Å²) in [6.07, 6.45) is 6.23. The largest absolute Gasteiger partial charge is 0.351 e. The zero-order valence-electron chi connectivity index (χ0n) is 29.5. The molecule has 7 rings (SSSR count). The molecular weight excluding hydrogens is 663 g/mol. The Kier molecular flexibility index (Phi) is 10.5. The SMILES string of the molecule is CN=C(c1ccc(C2CCN(Cc3cccc(SN4CCC(Nc5ncc6ccc(=O)n(C)c6n5)CC4)c3)CC2)cc1C)N1CCC(=O)NC1=O. The molecular formula is C38H45N9O3S. The molecule has 0 unspecified atom stereocenters. The van der Waals surface area contributed by atoms with Crippen LogP contribution in [0, 0.1) is 6.92 Å².